The van der Waals surface area contributed by atoms with E-state index in [1.54, 1.807) is 12.1 Å². The van der Waals surface area contributed by atoms with Gasteiger partial charge in [-0.1, -0.05) is 19.9 Å². The fraction of sp³-hybridized carbons (Fsp3) is 0.647. The Bertz CT molecular complexity index is 454. The predicted molar refractivity (Wildman–Crippen MR) is 98.7 cm³/mol. The summed E-state index contributed by atoms with van der Waals surface area (Å²) in [7, 11) is 1.50. The highest BCUT2D eigenvalue weighted by Crippen LogP contribution is 2.30. The van der Waals surface area contributed by atoms with Crippen LogP contribution in [0.5, 0.6) is 5.75 Å². The summed E-state index contributed by atoms with van der Waals surface area (Å²) in [5.41, 5.74) is 1.07. The first kappa shape index (κ1) is 22.4. The van der Waals surface area contributed by atoms with Gasteiger partial charge < -0.3 is 10.1 Å². The lowest BCUT2D eigenvalue weighted by Gasteiger charge is -2.35. The molecule has 134 valence electrons. The normalized spacial score (nSPS) is 16.4. The Hall–Kier alpha value is -0.550. The topological polar surface area (TPSA) is 24.5 Å². The lowest BCUT2D eigenvalue weighted by atomic mass is 9.95. The van der Waals surface area contributed by atoms with Crippen LogP contribution in [-0.4, -0.2) is 38.2 Å². The smallest absolute Gasteiger partial charge is 0.165 e. The van der Waals surface area contributed by atoms with Gasteiger partial charge in [0.25, 0.3) is 0 Å². The number of piperazine rings is 1. The zero-order valence-corrected chi connectivity index (χ0v) is 15.8. The molecule has 3 nitrogen and oxygen atoms in total. The van der Waals surface area contributed by atoms with Gasteiger partial charge in [0.1, 0.15) is 0 Å². The number of methoxy groups -OCH3 is 1. The van der Waals surface area contributed by atoms with E-state index in [4.69, 9.17) is 4.74 Å². The second kappa shape index (κ2) is 11.1. The predicted octanol–water partition coefficient (Wildman–Crippen LogP) is 4.06. The lowest BCUT2D eigenvalue weighted by molar-refractivity contribution is 0.159. The standard InChI is InChI=1S/C17H27FN2O.2ClH/c1-13(2)4-6-16(20-10-8-19-9-11-20)14-5-7-17(21-3)15(18)12-14;;/h5,7,12-13,16,19H,4,6,8-11H2,1-3H3;2*1H/t16-;;/m0../s1. The van der Waals surface area contributed by atoms with Crippen molar-refractivity contribution in [3.63, 3.8) is 0 Å². The van der Waals surface area contributed by atoms with E-state index in [0.29, 0.717) is 17.7 Å². The first-order valence-corrected chi connectivity index (χ1v) is 7.90. The SMILES string of the molecule is COc1ccc([C@H](CCC(C)C)N2CCNCC2)cc1F.Cl.Cl. The highest BCUT2D eigenvalue weighted by Gasteiger charge is 2.23. The lowest BCUT2D eigenvalue weighted by Crippen LogP contribution is -2.45. The van der Waals surface area contributed by atoms with E-state index >= 15 is 0 Å². The monoisotopic (exact) mass is 366 g/mol. The van der Waals surface area contributed by atoms with Gasteiger partial charge in [-0.25, -0.2) is 4.39 Å². The summed E-state index contributed by atoms with van der Waals surface area (Å²) < 4.78 is 19.0. The molecule has 0 saturated carbocycles. The van der Waals surface area contributed by atoms with Crippen molar-refractivity contribution < 1.29 is 9.13 Å². The zero-order valence-electron chi connectivity index (χ0n) is 14.2. The molecule has 1 heterocycles. The van der Waals surface area contributed by atoms with Gasteiger partial charge in [-0.15, -0.1) is 24.8 Å². The average molecular weight is 367 g/mol. The second-order valence-corrected chi connectivity index (χ2v) is 6.17. The summed E-state index contributed by atoms with van der Waals surface area (Å²) in [6, 6.07) is 5.70. The highest BCUT2D eigenvalue weighted by molar-refractivity contribution is 5.85. The largest absolute Gasteiger partial charge is 0.494 e. The van der Waals surface area contributed by atoms with Crippen LogP contribution in [0.4, 0.5) is 4.39 Å². The van der Waals surface area contributed by atoms with Crippen LogP contribution < -0.4 is 10.1 Å². The fourth-order valence-corrected chi connectivity index (χ4v) is 2.93. The van der Waals surface area contributed by atoms with E-state index in [0.717, 1.165) is 44.6 Å². The summed E-state index contributed by atoms with van der Waals surface area (Å²) in [5.74, 6) is 0.722. The molecule has 1 fully saturated rings. The molecular weight excluding hydrogens is 338 g/mol. The molecule has 1 N–H and O–H groups in total. The minimum Gasteiger partial charge on any atom is -0.494 e. The maximum Gasteiger partial charge on any atom is 0.165 e. The molecule has 0 aliphatic carbocycles. The Morgan fingerprint density at radius 3 is 2.35 bits per heavy atom. The quantitative estimate of drug-likeness (QED) is 0.821. The summed E-state index contributed by atoms with van der Waals surface area (Å²) in [4.78, 5) is 2.47. The molecule has 1 aliphatic rings. The van der Waals surface area contributed by atoms with E-state index in [1.165, 1.54) is 7.11 Å². The summed E-state index contributed by atoms with van der Waals surface area (Å²) in [6.45, 7) is 8.55. The molecule has 0 aromatic heterocycles. The Kier molecular flexibility index (Phi) is 10.8. The van der Waals surface area contributed by atoms with Crippen molar-refractivity contribution in [2.45, 2.75) is 32.7 Å². The number of nitrogens with one attached hydrogen (secondary N) is 1. The van der Waals surface area contributed by atoms with Crippen molar-refractivity contribution in [2.75, 3.05) is 33.3 Å². The summed E-state index contributed by atoms with van der Waals surface area (Å²) >= 11 is 0. The third kappa shape index (κ3) is 6.46. The third-order valence-electron chi connectivity index (χ3n) is 4.17. The molecule has 0 amide bonds. The maximum atomic E-state index is 14.0. The number of halogens is 3. The van der Waals surface area contributed by atoms with Crippen molar-refractivity contribution in [2.24, 2.45) is 5.92 Å². The molecule has 0 radical (unpaired) electrons. The van der Waals surface area contributed by atoms with Crippen LogP contribution in [0.25, 0.3) is 0 Å². The van der Waals surface area contributed by atoms with Crippen LogP contribution >= 0.6 is 24.8 Å². The molecule has 0 spiro atoms. The van der Waals surface area contributed by atoms with Gasteiger partial charge >= 0.3 is 0 Å². The molecule has 1 saturated heterocycles. The van der Waals surface area contributed by atoms with Gasteiger partial charge in [0.15, 0.2) is 11.6 Å². The van der Waals surface area contributed by atoms with Gasteiger partial charge in [0.2, 0.25) is 0 Å². The number of nitrogens with zero attached hydrogens (tertiary/aromatic N) is 1. The fourth-order valence-electron chi connectivity index (χ4n) is 2.93. The Morgan fingerprint density at radius 1 is 1.17 bits per heavy atom. The van der Waals surface area contributed by atoms with E-state index in [-0.39, 0.29) is 30.6 Å². The van der Waals surface area contributed by atoms with Crippen LogP contribution in [0, 0.1) is 11.7 Å². The molecule has 1 aliphatic heterocycles. The number of hydrogen-bond donors (Lipinski definition) is 1. The van der Waals surface area contributed by atoms with E-state index in [2.05, 4.69) is 24.1 Å². The van der Waals surface area contributed by atoms with Gasteiger partial charge in [-0.05, 0) is 36.5 Å². The summed E-state index contributed by atoms with van der Waals surface area (Å²) in [6.07, 6.45) is 2.23. The maximum absolute atomic E-state index is 14.0. The number of rotatable bonds is 6. The van der Waals surface area contributed by atoms with Crippen LogP contribution in [-0.2, 0) is 0 Å². The van der Waals surface area contributed by atoms with Gasteiger partial charge in [-0.3, -0.25) is 4.90 Å². The van der Waals surface area contributed by atoms with Gasteiger partial charge in [0, 0.05) is 32.2 Å². The molecule has 6 heteroatoms. The van der Waals surface area contributed by atoms with Crippen LogP contribution in [0.15, 0.2) is 18.2 Å². The van der Waals surface area contributed by atoms with Gasteiger partial charge in [-0.2, -0.15) is 0 Å². The van der Waals surface area contributed by atoms with Gasteiger partial charge in [0.05, 0.1) is 7.11 Å². The molecule has 0 bridgehead atoms. The van der Waals surface area contributed by atoms with E-state index < -0.39 is 0 Å². The molecule has 1 aromatic rings. The molecule has 2 rings (SSSR count). The number of benzene rings is 1. The van der Waals surface area contributed by atoms with Crippen molar-refractivity contribution in [1.82, 2.24) is 10.2 Å². The molecule has 1 aromatic carbocycles. The summed E-state index contributed by atoms with van der Waals surface area (Å²) in [5, 5.41) is 3.38. The molecule has 0 unspecified atom stereocenters. The Labute approximate surface area is 151 Å². The third-order valence-corrected chi connectivity index (χ3v) is 4.17. The minimum atomic E-state index is -0.264. The first-order valence-electron chi connectivity index (χ1n) is 7.90. The van der Waals surface area contributed by atoms with Crippen LogP contribution in [0.1, 0.15) is 38.3 Å². The first-order chi connectivity index (χ1) is 10.1. The Balaban J connectivity index is 0.00000242. The molecule has 23 heavy (non-hydrogen) atoms. The molecule has 1 atom stereocenters. The number of ether oxygens (including phenoxy) is 1. The van der Waals surface area contributed by atoms with Crippen molar-refractivity contribution in [1.29, 1.82) is 0 Å². The zero-order chi connectivity index (χ0) is 15.2. The average Bonchev–Trinajstić information content (AvgIpc) is 2.48. The van der Waals surface area contributed by atoms with E-state index in [1.807, 2.05) is 6.07 Å². The van der Waals surface area contributed by atoms with Crippen molar-refractivity contribution >= 4 is 24.8 Å². The van der Waals surface area contributed by atoms with Crippen LogP contribution in [0.3, 0.4) is 0 Å². The minimum absolute atomic E-state index is 0. The van der Waals surface area contributed by atoms with Crippen LogP contribution in [0.2, 0.25) is 0 Å². The van der Waals surface area contributed by atoms with E-state index in [9.17, 15) is 4.39 Å². The molecular formula is C17H29Cl2FN2O. The van der Waals surface area contributed by atoms with Crippen molar-refractivity contribution in [3.8, 4) is 5.75 Å². The van der Waals surface area contributed by atoms with Crippen molar-refractivity contribution in [3.05, 3.63) is 29.6 Å². The Morgan fingerprint density at radius 2 is 1.83 bits per heavy atom. The highest BCUT2D eigenvalue weighted by atomic mass is 35.5. The second-order valence-electron chi connectivity index (χ2n) is 6.17. The number of hydrogen-bond acceptors (Lipinski definition) is 3.